The Morgan fingerprint density at radius 2 is 2.22 bits per heavy atom. The second kappa shape index (κ2) is 8.72. The summed E-state index contributed by atoms with van der Waals surface area (Å²) in [5.74, 6) is -0.325. The zero-order valence-electron chi connectivity index (χ0n) is 10.8. The molecule has 0 aliphatic heterocycles. The second-order valence-corrected chi connectivity index (χ2v) is 4.10. The molecule has 0 unspecified atom stereocenters. The summed E-state index contributed by atoms with van der Waals surface area (Å²) in [6.07, 6.45) is 4.46. The molecule has 0 aromatic carbocycles. The highest BCUT2D eigenvalue weighted by molar-refractivity contribution is 5.87. The first-order valence-corrected chi connectivity index (χ1v) is 6.33. The van der Waals surface area contributed by atoms with Crippen LogP contribution in [0.1, 0.15) is 42.3 Å². The van der Waals surface area contributed by atoms with E-state index in [1.807, 2.05) is 0 Å². The molecule has 0 fully saturated rings. The molecule has 0 aliphatic rings. The molecule has 0 saturated carbocycles. The molecule has 5 nitrogen and oxygen atoms in total. The van der Waals surface area contributed by atoms with Gasteiger partial charge in [0.05, 0.1) is 12.1 Å². The Bertz CT molecular complexity index is 349. The molecule has 102 valence electrons. The summed E-state index contributed by atoms with van der Waals surface area (Å²) < 4.78 is 10.5. The first kappa shape index (κ1) is 14.7. The molecular formula is C13H21NO4. The van der Waals surface area contributed by atoms with Gasteiger partial charge in [-0.1, -0.05) is 13.3 Å². The van der Waals surface area contributed by atoms with E-state index in [1.54, 1.807) is 0 Å². The Hall–Kier alpha value is -1.33. The average Bonchev–Trinajstić information content (AvgIpc) is 2.81. The predicted molar refractivity (Wildman–Crippen MR) is 67.7 cm³/mol. The summed E-state index contributed by atoms with van der Waals surface area (Å²) in [6.45, 7) is 5.10. The van der Waals surface area contributed by atoms with Gasteiger partial charge < -0.3 is 19.6 Å². The van der Waals surface area contributed by atoms with Crippen molar-refractivity contribution in [1.82, 2.24) is 5.32 Å². The zero-order valence-corrected chi connectivity index (χ0v) is 10.8. The SMILES string of the molecule is CCCCOCCCNCc1cc(C(=O)O)co1. The Morgan fingerprint density at radius 3 is 2.89 bits per heavy atom. The van der Waals surface area contributed by atoms with Crippen LogP contribution in [-0.2, 0) is 11.3 Å². The fourth-order valence-electron chi connectivity index (χ4n) is 1.44. The minimum Gasteiger partial charge on any atom is -0.478 e. The van der Waals surface area contributed by atoms with Crippen LogP contribution < -0.4 is 5.32 Å². The average molecular weight is 255 g/mol. The summed E-state index contributed by atoms with van der Waals surface area (Å²) in [5, 5.41) is 11.9. The van der Waals surface area contributed by atoms with Crippen LogP contribution in [0.2, 0.25) is 0 Å². The molecule has 0 amide bonds. The normalized spacial score (nSPS) is 10.7. The molecule has 0 spiro atoms. The van der Waals surface area contributed by atoms with E-state index in [0.717, 1.165) is 39.0 Å². The van der Waals surface area contributed by atoms with Crippen molar-refractivity contribution < 1.29 is 19.1 Å². The van der Waals surface area contributed by atoms with Crippen LogP contribution in [0.3, 0.4) is 0 Å². The van der Waals surface area contributed by atoms with Crippen LogP contribution in [-0.4, -0.2) is 30.8 Å². The maximum Gasteiger partial charge on any atom is 0.338 e. The highest BCUT2D eigenvalue weighted by Crippen LogP contribution is 2.07. The number of aromatic carboxylic acids is 1. The maximum atomic E-state index is 10.6. The van der Waals surface area contributed by atoms with E-state index in [9.17, 15) is 4.79 Å². The molecule has 0 saturated heterocycles. The Morgan fingerprint density at radius 1 is 1.44 bits per heavy atom. The molecule has 0 aliphatic carbocycles. The van der Waals surface area contributed by atoms with Gasteiger partial charge in [0, 0.05) is 13.2 Å². The molecule has 1 aromatic heterocycles. The minimum absolute atomic E-state index is 0.190. The third-order valence-corrected chi connectivity index (χ3v) is 2.48. The van der Waals surface area contributed by atoms with Crippen LogP contribution in [0.15, 0.2) is 16.7 Å². The van der Waals surface area contributed by atoms with E-state index in [-0.39, 0.29) is 5.56 Å². The quantitative estimate of drug-likeness (QED) is 0.627. The molecule has 0 bridgehead atoms. The van der Waals surface area contributed by atoms with Gasteiger partial charge in [-0.25, -0.2) is 4.79 Å². The van der Waals surface area contributed by atoms with Crippen molar-refractivity contribution in [3.05, 3.63) is 23.7 Å². The third kappa shape index (κ3) is 5.84. The van der Waals surface area contributed by atoms with Crippen LogP contribution in [0.5, 0.6) is 0 Å². The number of rotatable bonds is 10. The number of carbonyl (C=O) groups is 1. The van der Waals surface area contributed by atoms with E-state index in [1.165, 1.54) is 12.3 Å². The van der Waals surface area contributed by atoms with E-state index < -0.39 is 5.97 Å². The van der Waals surface area contributed by atoms with Crippen molar-refractivity contribution in [2.75, 3.05) is 19.8 Å². The van der Waals surface area contributed by atoms with Gasteiger partial charge >= 0.3 is 5.97 Å². The fraction of sp³-hybridized carbons (Fsp3) is 0.615. The van der Waals surface area contributed by atoms with E-state index in [0.29, 0.717) is 12.3 Å². The first-order valence-electron chi connectivity index (χ1n) is 6.33. The summed E-state index contributed by atoms with van der Waals surface area (Å²) in [7, 11) is 0. The van der Waals surface area contributed by atoms with Crippen LogP contribution in [0, 0.1) is 0 Å². The fourth-order valence-corrected chi connectivity index (χ4v) is 1.44. The molecule has 0 atom stereocenters. The monoisotopic (exact) mass is 255 g/mol. The Balaban J connectivity index is 2.02. The lowest BCUT2D eigenvalue weighted by molar-refractivity contribution is 0.0696. The van der Waals surface area contributed by atoms with Crippen LogP contribution >= 0.6 is 0 Å². The molecule has 1 heterocycles. The van der Waals surface area contributed by atoms with Gasteiger partial charge in [-0.3, -0.25) is 0 Å². The largest absolute Gasteiger partial charge is 0.478 e. The molecule has 18 heavy (non-hydrogen) atoms. The van der Waals surface area contributed by atoms with Gasteiger partial charge in [0.1, 0.15) is 12.0 Å². The summed E-state index contributed by atoms with van der Waals surface area (Å²) in [5.41, 5.74) is 0.190. The number of hydrogen-bond donors (Lipinski definition) is 2. The second-order valence-electron chi connectivity index (χ2n) is 4.10. The highest BCUT2D eigenvalue weighted by atomic mass is 16.5. The predicted octanol–water partition coefficient (Wildman–Crippen LogP) is 2.27. The van der Waals surface area contributed by atoms with Crippen molar-refractivity contribution in [3.8, 4) is 0 Å². The summed E-state index contributed by atoms with van der Waals surface area (Å²) in [6, 6.07) is 1.53. The first-order chi connectivity index (χ1) is 8.74. The van der Waals surface area contributed by atoms with Crippen molar-refractivity contribution in [3.63, 3.8) is 0 Å². The number of carboxylic acids is 1. The van der Waals surface area contributed by atoms with E-state index in [2.05, 4.69) is 12.2 Å². The van der Waals surface area contributed by atoms with Gasteiger partial charge in [0.25, 0.3) is 0 Å². The third-order valence-electron chi connectivity index (χ3n) is 2.48. The Kier molecular flexibility index (Phi) is 7.13. The van der Waals surface area contributed by atoms with Crippen LogP contribution in [0.4, 0.5) is 0 Å². The lowest BCUT2D eigenvalue weighted by Gasteiger charge is -2.04. The number of hydrogen-bond acceptors (Lipinski definition) is 4. The smallest absolute Gasteiger partial charge is 0.338 e. The van der Waals surface area contributed by atoms with Gasteiger partial charge in [-0.2, -0.15) is 0 Å². The molecule has 0 radical (unpaired) electrons. The van der Waals surface area contributed by atoms with Crippen molar-refractivity contribution in [2.45, 2.75) is 32.7 Å². The highest BCUT2D eigenvalue weighted by Gasteiger charge is 2.07. The standard InChI is InChI=1S/C13H21NO4/c1-2-3-6-17-7-4-5-14-9-12-8-11(10-18-12)13(15)16/h8,10,14H,2-7,9H2,1H3,(H,15,16). The minimum atomic E-state index is -0.964. The summed E-state index contributed by atoms with van der Waals surface area (Å²) >= 11 is 0. The van der Waals surface area contributed by atoms with Gasteiger partial charge in [-0.15, -0.1) is 0 Å². The van der Waals surface area contributed by atoms with Crippen LogP contribution in [0.25, 0.3) is 0 Å². The number of furan rings is 1. The lowest BCUT2D eigenvalue weighted by atomic mass is 10.3. The molecular weight excluding hydrogens is 234 g/mol. The van der Waals surface area contributed by atoms with Gasteiger partial charge in [0.2, 0.25) is 0 Å². The van der Waals surface area contributed by atoms with Gasteiger partial charge in [-0.05, 0) is 25.5 Å². The van der Waals surface area contributed by atoms with Gasteiger partial charge in [0.15, 0.2) is 0 Å². The maximum absolute atomic E-state index is 10.6. The topological polar surface area (TPSA) is 71.7 Å². The van der Waals surface area contributed by atoms with Crippen molar-refractivity contribution in [1.29, 1.82) is 0 Å². The summed E-state index contributed by atoms with van der Waals surface area (Å²) in [4.78, 5) is 10.6. The molecule has 5 heteroatoms. The Labute approximate surface area is 107 Å². The van der Waals surface area contributed by atoms with Crippen molar-refractivity contribution >= 4 is 5.97 Å². The van der Waals surface area contributed by atoms with E-state index >= 15 is 0 Å². The van der Waals surface area contributed by atoms with Crippen molar-refractivity contribution in [2.24, 2.45) is 0 Å². The zero-order chi connectivity index (χ0) is 13.2. The number of nitrogens with one attached hydrogen (secondary N) is 1. The molecule has 1 aromatic rings. The molecule has 1 rings (SSSR count). The lowest BCUT2D eigenvalue weighted by Crippen LogP contribution is -2.16. The van der Waals surface area contributed by atoms with E-state index in [4.69, 9.17) is 14.3 Å². The number of carboxylic acid groups (broad SMARTS) is 1. The number of unbranched alkanes of at least 4 members (excludes halogenated alkanes) is 1. The molecule has 2 N–H and O–H groups in total. The number of ether oxygens (including phenoxy) is 1.